The topological polar surface area (TPSA) is 139 Å². The van der Waals surface area contributed by atoms with Gasteiger partial charge in [-0.3, -0.25) is 14.9 Å². The standard InChI is InChI=1S/C18H20FN5O5S/c1-22-6-8-23(9-7-22)17-5-2-12(24(26)27)10-16(17)21-18(25)14-11-13(30(20,28)29)3-4-15(14)19/h2-5,10-11H,6-9H2,1H3,(H,21,25)(H2,20,28,29). The van der Waals surface area contributed by atoms with Crippen LogP contribution in [0.1, 0.15) is 10.4 Å². The minimum absolute atomic E-state index is 0.124. The number of piperazine rings is 1. The van der Waals surface area contributed by atoms with Crippen molar-refractivity contribution in [2.75, 3.05) is 43.4 Å². The van der Waals surface area contributed by atoms with Crippen molar-refractivity contribution in [1.82, 2.24) is 4.90 Å². The molecule has 0 atom stereocenters. The van der Waals surface area contributed by atoms with Crippen molar-refractivity contribution >= 4 is 33.0 Å². The minimum Gasteiger partial charge on any atom is -0.367 e. The van der Waals surface area contributed by atoms with Crippen LogP contribution in [0.2, 0.25) is 0 Å². The maximum Gasteiger partial charge on any atom is 0.271 e. The van der Waals surface area contributed by atoms with Crippen LogP contribution in [0.25, 0.3) is 0 Å². The van der Waals surface area contributed by atoms with Gasteiger partial charge in [0.15, 0.2) is 0 Å². The molecule has 0 unspecified atom stereocenters. The maximum atomic E-state index is 14.2. The predicted molar refractivity (Wildman–Crippen MR) is 109 cm³/mol. The summed E-state index contributed by atoms with van der Waals surface area (Å²) in [5, 5.41) is 18.7. The number of halogens is 1. The number of nitro benzene ring substituents is 1. The van der Waals surface area contributed by atoms with Crippen LogP contribution in [0, 0.1) is 15.9 Å². The number of sulfonamides is 1. The number of nitro groups is 1. The van der Waals surface area contributed by atoms with Gasteiger partial charge in [0.25, 0.3) is 11.6 Å². The van der Waals surface area contributed by atoms with Gasteiger partial charge in [-0.1, -0.05) is 0 Å². The molecule has 1 amide bonds. The number of carbonyl (C=O) groups excluding carboxylic acids is 1. The lowest BCUT2D eigenvalue weighted by molar-refractivity contribution is -0.384. The summed E-state index contributed by atoms with van der Waals surface area (Å²) in [6.45, 7) is 2.78. The summed E-state index contributed by atoms with van der Waals surface area (Å²) >= 11 is 0. The van der Waals surface area contributed by atoms with Crippen molar-refractivity contribution in [2.24, 2.45) is 5.14 Å². The van der Waals surface area contributed by atoms with Crippen LogP contribution in [0.15, 0.2) is 41.3 Å². The molecule has 3 rings (SSSR count). The van der Waals surface area contributed by atoms with Crippen molar-refractivity contribution < 1.29 is 22.5 Å². The average Bonchev–Trinajstić information content (AvgIpc) is 2.68. The van der Waals surface area contributed by atoms with Crippen LogP contribution in [0.4, 0.5) is 21.5 Å². The van der Waals surface area contributed by atoms with Gasteiger partial charge < -0.3 is 15.1 Å². The monoisotopic (exact) mass is 437 g/mol. The van der Waals surface area contributed by atoms with Gasteiger partial charge in [0.1, 0.15) is 5.82 Å². The lowest BCUT2D eigenvalue weighted by Crippen LogP contribution is -2.44. The highest BCUT2D eigenvalue weighted by molar-refractivity contribution is 7.89. The van der Waals surface area contributed by atoms with Crippen molar-refractivity contribution in [3.63, 3.8) is 0 Å². The Balaban J connectivity index is 1.97. The molecule has 2 aromatic carbocycles. The van der Waals surface area contributed by atoms with E-state index in [0.29, 0.717) is 18.8 Å². The number of hydrogen-bond donors (Lipinski definition) is 2. The van der Waals surface area contributed by atoms with Gasteiger partial charge in [0, 0.05) is 38.3 Å². The summed E-state index contributed by atoms with van der Waals surface area (Å²) in [5.74, 6) is -1.90. The van der Waals surface area contributed by atoms with Gasteiger partial charge in [-0.2, -0.15) is 0 Å². The van der Waals surface area contributed by atoms with E-state index in [2.05, 4.69) is 10.2 Å². The van der Waals surface area contributed by atoms with Crippen LogP contribution >= 0.6 is 0 Å². The second-order valence-electron chi connectivity index (χ2n) is 6.89. The Morgan fingerprint density at radius 1 is 1.17 bits per heavy atom. The predicted octanol–water partition coefficient (Wildman–Crippen LogP) is 1.39. The third-order valence-electron chi connectivity index (χ3n) is 4.79. The summed E-state index contributed by atoms with van der Waals surface area (Å²) in [5.41, 5.74) is -0.122. The largest absolute Gasteiger partial charge is 0.367 e. The van der Waals surface area contributed by atoms with Crippen LogP contribution in [0.5, 0.6) is 0 Å². The van der Waals surface area contributed by atoms with Gasteiger partial charge in [-0.15, -0.1) is 0 Å². The van der Waals surface area contributed by atoms with E-state index in [9.17, 15) is 27.7 Å². The number of benzene rings is 2. The molecule has 160 valence electrons. The average molecular weight is 437 g/mol. The molecule has 0 aliphatic carbocycles. The molecule has 0 spiro atoms. The molecule has 10 nitrogen and oxygen atoms in total. The first-order valence-corrected chi connectivity index (χ1v) is 10.5. The number of anilines is 2. The Kier molecular flexibility index (Phi) is 6.01. The van der Waals surface area contributed by atoms with Gasteiger partial charge in [-0.25, -0.2) is 17.9 Å². The molecular formula is C18H20FN5O5S. The normalized spacial score (nSPS) is 15.1. The summed E-state index contributed by atoms with van der Waals surface area (Å²) in [7, 11) is -2.18. The van der Waals surface area contributed by atoms with Crippen molar-refractivity contribution in [3.8, 4) is 0 Å². The SMILES string of the molecule is CN1CCN(c2ccc([N+](=O)[O-])cc2NC(=O)c2cc(S(N)(=O)=O)ccc2F)CC1. The molecule has 1 heterocycles. The summed E-state index contributed by atoms with van der Waals surface area (Å²) in [6.07, 6.45) is 0. The molecule has 1 saturated heterocycles. The van der Waals surface area contributed by atoms with E-state index in [1.165, 1.54) is 18.2 Å². The van der Waals surface area contributed by atoms with Crippen LogP contribution in [-0.4, -0.2) is 57.4 Å². The van der Waals surface area contributed by atoms with E-state index in [-0.39, 0.29) is 11.4 Å². The summed E-state index contributed by atoms with van der Waals surface area (Å²) in [6, 6.07) is 6.63. The Labute approximate surface area is 172 Å². The Morgan fingerprint density at radius 3 is 2.43 bits per heavy atom. The number of non-ortho nitro benzene ring substituents is 1. The molecule has 2 aromatic rings. The number of primary sulfonamides is 1. The van der Waals surface area contributed by atoms with E-state index in [1.54, 1.807) is 0 Å². The lowest BCUT2D eigenvalue weighted by atomic mass is 10.1. The second-order valence-corrected chi connectivity index (χ2v) is 8.45. The molecule has 0 saturated carbocycles. The molecule has 3 N–H and O–H groups in total. The second kappa shape index (κ2) is 8.34. The maximum absolute atomic E-state index is 14.2. The third kappa shape index (κ3) is 4.72. The number of hydrogen-bond acceptors (Lipinski definition) is 7. The molecule has 0 radical (unpaired) electrons. The Bertz CT molecular complexity index is 1100. The first-order valence-electron chi connectivity index (χ1n) is 8.92. The van der Waals surface area contributed by atoms with Gasteiger partial charge in [0.05, 0.1) is 26.8 Å². The number of amides is 1. The number of nitrogens with one attached hydrogen (secondary N) is 1. The van der Waals surface area contributed by atoms with Gasteiger partial charge in [-0.05, 0) is 31.3 Å². The molecule has 1 fully saturated rings. The van der Waals surface area contributed by atoms with E-state index >= 15 is 0 Å². The number of likely N-dealkylation sites (N-methyl/N-ethyl adjacent to an activating group) is 1. The molecule has 1 aliphatic rings. The molecular weight excluding hydrogens is 417 g/mol. The zero-order valence-electron chi connectivity index (χ0n) is 16.0. The number of carbonyl (C=O) groups is 1. The first kappa shape index (κ1) is 21.6. The van der Waals surface area contributed by atoms with E-state index in [0.717, 1.165) is 31.3 Å². The fourth-order valence-electron chi connectivity index (χ4n) is 3.11. The number of rotatable bonds is 5. The van der Waals surface area contributed by atoms with Gasteiger partial charge >= 0.3 is 0 Å². The third-order valence-corrected chi connectivity index (χ3v) is 5.71. The zero-order valence-corrected chi connectivity index (χ0v) is 16.9. The quantitative estimate of drug-likeness (QED) is 0.532. The van der Waals surface area contributed by atoms with Crippen LogP contribution < -0.4 is 15.4 Å². The van der Waals surface area contributed by atoms with E-state index in [4.69, 9.17) is 5.14 Å². The molecule has 30 heavy (non-hydrogen) atoms. The molecule has 12 heteroatoms. The highest BCUT2D eigenvalue weighted by Crippen LogP contribution is 2.31. The highest BCUT2D eigenvalue weighted by atomic mass is 32.2. The van der Waals surface area contributed by atoms with Crippen molar-refractivity contribution in [3.05, 3.63) is 57.9 Å². The minimum atomic E-state index is -4.15. The number of nitrogens with zero attached hydrogens (tertiary/aromatic N) is 3. The molecule has 1 aliphatic heterocycles. The van der Waals surface area contributed by atoms with Gasteiger partial charge in [0.2, 0.25) is 10.0 Å². The summed E-state index contributed by atoms with van der Waals surface area (Å²) in [4.78, 5) is 26.9. The molecule has 0 bridgehead atoms. The smallest absolute Gasteiger partial charge is 0.271 e. The van der Waals surface area contributed by atoms with E-state index < -0.39 is 37.1 Å². The fourth-order valence-corrected chi connectivity index (χ4v) is 3.65. The highest BCUT2D eigenvalue weighted by Gasteiger charge is 2.23. The van der Waals surface area contributed by atoms with Crippen LogP contribution in [-0.2, 0) is 10.0 Å². The van der Waals surface area contributed by atoms with E-state index in [1.807, 2.05) is 11.9 Å². The fraction of sp³-hybridized carbons (Fsp3) is 0.278. The Morgan fingerprint density at radius 2 is 1.83 bits per heavy atom. The van der Waals surface area contributed by atoms with Crippen molar-refractivity contribution in [2.45, 2.75) is 4.90 Å². The first-order chi connectivity index (χ1) is 14.1. The lowest BCUT2D eigenvalue weighted by Gasteiger charge is -2.35. The summed E-state index contributed by atoms with van der Waals surface area (Å²) < 4.78 is 37.2. The molecule has 0 aromatic heterocycles. The van der Waals surface area contributed by atoms with Crippen molar-refractivity contribution in [1.29, 1.82) is 0 Å². The zero-order chi connectivity index (χ0) is 22.1. The number of nitrogens with two attached hydrogens (primary N) is 1. The van der Waals surface area contributed by atoms with Crippen LogP contribution in [0.3, 0.4) is 0 Å². The Hall–Kier alpha value is -3.09.